The fraction of sp³-hybridized carbons (Fsp3) is 0. The Morgan fingerprint density at radius 3 is 2.19 bits per heavy atom. The summed E-state index contributed by atoms with van der Waals surface area (Å²) in [6.07, 6.45) is 1.48. The normalized spacial score (nSPS) is 10.5. The molecular formula is C20H13N3O4. The van der Waals surface area contributed by atoms with E-state index in [9.17, 15) is 9.59 Å². The molecule has 0 atom stereocenters. The average molecular weight is 359 g/mol. The maximum atomic E-state index is 12.4. The van der Waals surface area contributed by atoms with E-state index in [1.165, 1.54) is 6.26 Å². The SMILES string of the molecule is O=C(Nc1nnc(-c2ccco2)o1)c1ccc(C(=O)c2ccccc2)cc1. The van der Waals surface area contributed by atoms with Crippen LogP contribution in [0.1, 0.15) is 26.3 Å². The standard InChI is InChI=1S/C20H13N3O4/c24-17(13-5-2-1-3-6-13)14-8-10-15(11-9-14)18(25)21-20-23-22-19(27-20)16-7-4-12-26-16/h1-12H,(H,21,23,25). The van der Waals surface area contributed by atoms with Crippen LogP contribution in [0.5, 0.6) is 0 Å². The predicted molar refractivity (Wildman–Crippen MR) is 96.3 cm³/mol. The van der Waals surface area contributed by atoms with Gasteiger partial charge in [0.2, 0.25) is 0 Å². The minimum Gasteiger partial charge on any atom is -0.459 e. The van der Waals surface area contributed by atoms with Crippen molar-refractivity contribution >= 4 is 17.7 Å². The number of ketones is 1. The molecule has 0 bridgehead atoms. The van der Waals surface area contributed by atoms with E-state index in [2.05, 4.69) is 15.5 Å². The summed E-state index contributed by atoms with van der Waals surface area (Å²) in [5.74, 6) is 0.0387. The lowest BCUT2D eigenvalue weighted by molar-refractivity contribution is 0.101. The minimum atomic E-state index is -0.427. The monoisotopic (exact) mass is 359 g/mol. The lowest BCUT2D eigenvalue weighted by atomic mass is 10.0. The smallest absolute Gasteiger partial charge is 0.322 e. The number of hydrogen-bond donors (Lipinski definition) is 1. The van der Waals surface area contributed by atoms with Gasteiger partial charge in [0.1, 0.15) is 0 Å². The Labute approximate surface area is 153 Å². The quantitative estimate of drug-likeness (QED) is 0.544. The van der Waals surface area contributed by atoms with Crippen molar-refractivity contribution in [1.82, 2.24) is 10.2 Å². The van der Waals surface area contributed by atoms with Crippen molar-refractivity contribution in [3.8, 4) is 11.7 Å². The lowest BCUT2D eigenvalue weighted by Crippen LogP contribution is -2.12. The van der Waals surface area contributed by atoms with Crippen molar-refractivity contribution in [2.45, 2.75) is 0 Å². The summed E-state index contributed by atoms with van der Waals surface area (Å²) in [7, 11) is 0. The number of furan rings is 1. The highest BCUT2D eigenvalue weighted by molar-refractivity contribution is 6.10. The van der Waals surface area contributed by atoms with Gasteiger partial charge in [-0.1, -0.05) is 47.6 Å². The second-order valence-corrected chi connectivity index (χ2v) is 5.62. The van der Waals surface area contributed by atoms with E-state index < -0.39 is 5.91 Å². The van der Waals surface area contributed by atoms with Gasteiger partial charge in [0.05, 0.1) is 6.26 Å². The molecule has 7 nitrogen and oxygen atoms in total. The van der Waals surface area contributed by atoms with Crippen LogP contribution in [0.3, 0.4) is 0 Å². The van der Waals surface area contributed by atoms with Crippen molar-refractivity contribution in [3.05, 3.63) is 89.7 Å². The Hall–Kier alpha value is -4.00. The van der Waals surface area contributed by atoms with Gasteiger partial charge in [0, 0.05) is 16.7 Å². The number of benzene rings is 2. The van der Waals surface area contributed by atoms with Crippen molar-refractivity contribution in [1.29, 1.82) is 0 Å². The molecule has 2 heterocycles. The second-order valence-electron chi connectivity index (χ2n) is 5.62. The average Bonchev–Trinajstić information content (AvgIpc) is 3.40. The molecule has 0 aliphatic heterocycles. The van der Waals surface area contributed by atoms with Gasteiger partial charge < -0.3 is 8.83 Å². The molecular weight excluding hydrogens is 346 g/mol. The molecule has 0 spiro atoms. The van der Waals surface area contributed by atoms with E-state index in [1.807, 2.05) is 6.07 Å². The number of carbonyl (C=O) groups is 2. The van der Waals surface area contributed by atoms with E-state index in [-0.39, 0.29) is 17.7 Å². The molecule has 0 radical (unpaired) electrons. The van der Waals surface area contributed by atoms with Gasteiger partial charge in [-0.15, -0.1) is 5.10 Å². The lowest BCUT2D eigenvalue weighted by Gasteiger charge is -2.03. The summed E-state index contributed by atoms with van der Waals surface area (Å²) < 4.78 is 10.5. The molecule has 4 rings (SSSR count). The van der Waals surface area contributed by atoms with Gasteiger partial charge >= 0.3 is 6.01 Å². The molecule has 0 saturated heterocycles. The van der Waals surface area contributed by atoms with E-state index in [4.69, 9.17) is 8.83 Å². The predicted octanol–water partition coefficient (Wildman–Crippen LogP) is 3.81. The fourth-order valence-corrected chi connectivity index (χ4v) is 2.47. The summed E-state index contributed by atoms with van der Waals surface area (Å²) >= 11 is 0. The summed E-state index contributed by atoms with van der Waals surface area (Å²) in [4.78, 5) is 24.7. The van der Waals surface area contributed by atoms with Gasteiger partial charge in [-0.2, -0.15) is 0 Å². The van der Waals surface area contributed by atoms with E-state index >= 15 is 0 Å². The first kappa shape index (κ1) is 16.5. The zero-order valence-corrected chi connectivity index (χ0v) is 14.0. The Bertz CT molecular complexity index is 1070. The highest BCUT2D eigenvalue weighted by Crippen LogP contribution is 2.20. The first-order valence-electron chi connectivity index (χ1n) is 8.09. The summed E-state index contributed by atoms with van der Waals surface area (Å²) in [6, 6.07) is 18.6. The number of nitrogens with one attached hydrogen (secondary N) is 1. The zero-order chi connectivity index (χ0) is 18.6. The van der Waals surface area contributed by atoms with Crippen LogP contribution in [-0.4, -0.2) is 21.9 Å². The third-order valence-corrected chi connectivity index (χ3v) is 3.82. The molecule has 1 N–H and O–H groups in total. The third-order valence-electron chi connectivity index (χ3n) is 3.82. The van der Waals surface area contributed by atoms with E-state index in [0.29, 0.717) is 22.5 Å². The van der Waals surface area contributed by atoms with Crippen molar-refractivity contribution in [2.75, 3.05) is 5.32 Å². The van der Waals surface area contributed by atoms with Crippen molar-refractivity contribution in [3.63, 3.8) is 0 Å². The van der Waals surface area contributed by atoms with E-state index in [1.54, 1.807) is 60.7 Å². The molecule has 2 aromatic heterocycles. The number of carbonyl (C=O) groups excluding carboxylic acids is 2. The number of hydrogen-bond acceptors (Lipinski definition) is 6. The van der Waals surface area contributed by atoms with Crippen LogP contribution >= 0.6 is 0 Å². The van der Waals surface area contributed by atoms with Crippen LogP contribution in [0.15, 0.2) is 81.8 Å². The second kappa shape index (κ2) is 7.09. The number of anilines is 1. The van der Waals surface area contributed by atoms with Gasteiger partial charge in [-0.3, -0.25) is 14.9 Å². The maximum Gasteiger partial charge on any atom is 0.322 e. The molecule has 0 unspecified atom stereocenters. The van der Waals surface area contributed by atoms with Crippen LogP contribution < -0.4 is 5.32 Å². The molecule has 0 fully saturated rings. The number of nitrogens with zero attached hydrogens (tertiary/aromatic N) is 2. The Morgan fingerprint density at radius 1 is 0.778 bits per heavy atom. The Balaban J connectivity index is 1.46. The molecule has 132 valence electrons. The fourth-order valence-electron chi connectivity index (χ4n) is 2.47. The Morgan fingerprint density at radius 2 is 1.48 bits per heavy atom. The van der Waals surface area contributed by atoms with Crippen LogP contribution in [0, 0.1) is 0 Å². The minimum absolute atomic E-state index is 0.0455. The van der Waals surface area contributed by atoms with Crippen LogP contribution in [0.4, 0.5) is 6.01 Å². The van der Waals surface area contributed by atoms with Gasteiger partial charge in [-0.25, -0.2) is 0 Å². The van der Waals surface area contributed by atoms with Gasteiger partial charge in [-0.05, 0) is 24.3 Å². The molecule has 0 saturated carbocycles. The molecule has 0 aliphatic rings. The summed E-state index contributed by atoms with van der Waals surface area (Å²) in [6.45, 7) is 0. The zero-order valence-electron chi connectivity index (χ0n) is 14.0. The van der Waals surface area contributed by atoms with Gasteiger partial charge in [0.15, 0.2) is 11.5 Å². The van der Waals surface area contributed by atoms with E-state index in [0.717, 1.165) is 0 Å². The molecule has 0 aliphatic carbocycles. The van der Waals surface area contributed by atoms with Gasteiger partial charge in [0.25, 0.3) is 11.8 Å². The summed E-state index contributed by atoms with van der Waals surface area (Å²) in [5.41, 5.74) is 1.44. The first-order chi connectivity index (χ1) is 13.2. The maximum absolute atomic E-state index is 12.4. The number of aromatic nitrogens is 2. The molecule has 2 aromatic carbocycles. The molecule has 4 aromatic rings. The largest absolute Gasteiger partial charge is 0.459 e. The van der Waals surface area contributed by atoms with Crippen LogP contribution in [-0.2, 0) is 0 Å². The van der Waals surface area contributed by atoms with Crippen LogP contribution in [0.25, 0.3) is 11.7 Å². The number of rotatable bonds is 5. The molecule has 27 heavy (non-hydrogen) atoms. The summed E-state index contributed by atoms with van der Waals surface area (Å²) in [5, 5.41) is 10.1. The van der Waals surface area contributed by atoms with Crippen molar-refractivity contribution < 1.29 is 18.4 Å². The third kappa shape index (κ3) is 3.52. The first-order valence-corrected chi connectivity index (χ1v) is 8.09. The topological polar surface area (TPSA) is 98.2 Å². The van der Waals surface area contributed by atoms with Crippen molar-refractivity contribution in [2.24, 2.45) is 0 Å². The highest BCUT2D eigenvalue weighted by Gasteiger charge is 2.15. The molecule has 7 heteroatoms. The highest BCUT2D eigenvalue weighted by atomic mass is 16.4. The van der Waals surface area contributed by atoms with Crippen LogP contribution in [0.2, 0.25) is 0 Å². The molecule has 1 amide bonds. The Kier molecular flexibility index (Phi) is 4.32. The number of amides is 1.